The molecule has 15 heavy (non-hydrogen) atoms. The van der Waals surface area contributed by atoms with Crippen LogP contribution in [0.15, 0.2) is 18.2 Å². The average molecular weight is 209 g/mol. The Kier molecular flexibility index (Phi) is 3.83. The summed E-state index contributed by atoms with van der Waals surface area (Å²) in [6.45, 7) is 6.93. The van der Waals surface area contributed by atoms with Crippen molar-refractivity contribution >= 4 is 5.91 Å². The van der Waals surface area contributed by atoms with Crippen molar-refractivity contribution in [1.82, 2.24) is 4.90 Å². The first-order chi connectivity index (χ1) is 7.10. The first-order valence-corrected chi connectivity index (χ1v) is 5.15. The van der Waals surface area contributed by atoms with Gasteiger partial charge in [-0.1, -0.05) is 6.07 Å². The van der Waals surface area contributed by atoms with Crippen molar-refractivity contribution in [3.05, 3.63) is 35.1 Å². The Morgan fingerprint density at radius 1 is 1.33 bits per heavy atom. The van der Waals surface area contributed by atoms with Crippen LogP contribution in [0.1, 0.15) is 29.8 Å². The molecule has 0 aromatic heterocycles. The van der Waals surface area contributed by atoms with Crippen LogP contribution in [0.4, 0.5) is 4.39 Å². The van der Waals surface area contributed by atoms with Crippen molar-refractivity contribution in [3.8, 4) is 0 Å². The molecule has 0 spiro atoms. The molecule has 1 rings (SSSR count). The van der Waals surface area contributed by atoms with Gasteiger partial charge in [0.25, 0.3) is 5.91 Å². The maximum atomic E-state index is 13.0. The second-order valence-electron chi connectivity index (χ2n) is 3.44. The van der Waals surface area contributed by atoms with E-state index in [0.29, 0.717) is 18.7 Å². The second-order valence-corrected chi connectivity index (χ2v) is 3.44. The molecule has 0 heterocycles. The Morgan fingerprint density at radius 2 is 1.93 bits per heavy atom. The highest BCUT2D eigenvalue weighted by molar-refractivity contribution is 5.95. The Balaban J connectivity index is 3.04. The van der Waals surface area contributed by atoms with E-state index >= 15 is 0 Å². The molecule has 1 aromatic carbocycles. The SMILES string of the molecule is CCN(CC)C(=O)c1cc(F)ccc1C. The molecular formula is C12H16FNO. The van der Waals surface area contributed by atoms with Gasteiger partial charge in [-0.05, 0) is 38.5 Å². The Morgan fingerprint density at radius 3 is 2.47 bits per heavy atom. The van der Waals surface area contributed by atoms with Crippen molar-refractivity contribution < 1.29 is 9.18 Å². The molecular weight excluding hydrogens is 193 g/mol. The number of hydrogen-bond donors (Lipinski definition) is 0. The van der Waals surface area contributed by atoms with Crippen LogP contribution in [0.3, 0.4) is 0 Å². The highest BCUT2D eigenvalue weighted by Gasteiger charge is 2.15. The molecule has 0 aliphatic heterocycles. The molecule has 1 amide bonds. The van der Waals surface area contributed by atoms with Crippen LogP contribution in [0.25, 0.3) is 0 Å². The molecule has 0 radical (unpaired) electrons. The Hall–Kier alpha value is -1.38. The molecule has 82 valence electrons. The van der Waals surface area contributed by atoms with Crippen LogP contribution in [-0.2, 0) is 0 Å². The van der Waals surface area contributed by atoms with Gasteiger partial charge in [-0.2, -0.15) is 0 Å². The maximum absolute atomic E-state index is 13.0. The van der Waals surface area contributed by atoms with Gasteiger partial charge in [-0.3, -0.25) is 4.79 Å². The Bertz CT molecular complexity index is 359. The average Bonchev–Trinajstić information content (AvgIpc) is 2.23. The van der Waals surface area contributed by atoms with E-state index < -0.39 is 0 Å². The number of aryl methyl sites for hydroxylation is 1. The fourth-order valence-corrected chi connectivity index (χ4v) is 1.51. The molecule has 0 N–H and O–H groups in total. The van der Waals surface area contributed by atoms with Gasteiger partial charge in [-0.25, -0.2) is 4.39 Å². The predicted octanol–water partition coefficient (Wildman–Crippen LogP) is 2.62. The van der Waals surface area contributed by atoms with Crippen molar-refractivity contribution in [2.75, 3.05) is 13.1 Å². The lowest BCUT2D eigenvalue weighted by Crippen LogP contribution is -2.31. The van der Waals surface area contributed by atoms with Gasteiger partial charge < -0.3 is 4.90 Å². The van der Waals surface area contributed by atoms with Crippen molar-refractivity contribution in [2.45, 2.75) is 20.8 Å². The van der Waals surface area contributed by atoms with Crippen LogP contribution in [0, 0.1) is 12.7 Å². The fourth-order valence-electron chi connectivity index (χ4n) is 1.51. The van der Waals surface area contributed by atoms with Crippen LogP contribution >= 0.6 is 0 Å². The van der Waals surface area contributed by atoms with E-state index in [9.17, 15) is 9.18 Å². The summed E-state index contributed by atoms with van der Waals surface area (Å²) in [6, 6.07) is 4.30. The molecule has 0 saturated carbocycles. The summed E-state index contributed by atoms with van der Waals surface area (Å²) in [5.41, 5.74) is 1.27. The van der Waals surface area contributed by atoms with E-state index in [1.165, 1.54) is 12.1 Å². The van der Waals surface area contributed by atoms with E-state index in [1.54, 1.807) is 11.0 Å². The fraction of sp³-hybridized carbons (Fsp3) is 0.417. The van der Waals surface area contributed by atoms with E-state index in [4.69, 9.17) is 0 Å². The number of hydrogen-bond acceptors (Lipinski definition) is 1. The molecule has 0 aliphatic rings. The first kappa shape index (κ1) is 11.7. The summed E-state index contributed by atoms with van der Waals surface area (Å²) in [6.07, 6.45) is 0. The van der Waals surface area contributed by atoms with E-state index in [1.807, 2.05) is 20.8 Å². The molecule has 0 fully saturated rings. The standard InChI is InChI=1S/C12H16FNO/c1-4-14(5-2)12(15)11-8-10(13)7-6-9(11)3/h6-8H,4-5H2,1-3H3. The van der Waals surface area contributed by atoms with Gasteiger partial charge in [0.15, 0.2) is 0 Å². The summed E-state index contributed by atoms with van der Waals surface area (Å²) in [4.78, 5) is 13.6. The molecule has 3 heteroatoms. The third kappa shape index (κ3) is 2.55. The van der Waals surface area contributed by atoms with Gasteiger partial charge >= 0.3 is 0 Å². The molecule has 0 aliphatic carbocycles. The third-order valence-corrected chi connectivity index (χ3v) is 2.48. The van der Waals surface area contributed by atoms with Crippen LogP contribution in [0.2, 0.25) is 0 Å². The number of amides is 1. The minimum atomic E-state index is -0.365. The zero-order chi connectivity index (χ0) is 11.4. The lowest BCUT2D eigenvalue weighted by atomic mass is 10.1. The number of nitrogens with zero attached hydrogens (tertiary/aromatic N) is 1. The van der Waals surface area contributed by atoms with Crippen LogP contribution in [0.5, 0.6) is 0 Å². The zero-order valence-electron chi connectivity index (χ0n) is 9.38. The summed E-state index contributed by atoms with van der Waals surface area (Å²) < 4.78 is 13.0. The minimum Gasteiger partial charge on any atom is -0.339 e. The normalized spacial score (nSPS) is 10.1. The number of benzene rings is 1. The largest absolute Gasteiger partial charge is 0.339 e. The predicted molar refractivity (Wildman–Crippen MR) is 58.4 cm³/mol. The number of halogens is 1. The van der Waals surface area contributed by atoms with Crippen LogP contribution < -0.4 is 0 Å². The molecule has 0 unspecified atom stereocenters. The summed E-state index contributed by atoms with van der Waals surface area (Å²) in [5.74, 6) is -0.465. The maximum Gasteiger partial charge on any atom is 0.254 e. The first-order valence-electron chi connectivity index (χ1n) is 5.15. The van der Waals surface area contributed by atoms with Crippen LogP contribution in [-0.4, -0.2) is 23.9 Å². The van der Waals surface area contributed by atoms with Crippen molar-refractivity contribution in [1.29, 1.82) is 0 Å². The highest BCUT2D eigenvalue weighted by atomic mass is 19.1. The zero-order valence-corrected chi connectivity index (χ0v) is 9.38. The van der Waals surface area contributed by atoms with Crippen molar-refractivity contribution in [2.24, 2.45) is 0 Å². The van der Waals surface area contributed by atoms with E-state index in [0.717, 1.165) is 5.56 Å². The molecule has 0 bridgehead atoms. The van der Waals surface area contributed by atoms with Gasteiger partial charge in [0, 0.05) is 18.7 Å². The molecule has 1 aromatic rings. The van der Waals surface area contributed by atoms with E-state index in [-0.39, 0.29) is 11.7 Å². The number of carbonyl (C=O) groups excluding carboxylic acids is 1. The van der Waals surface area contributed by atoms with Gasteiger partial charge in [0.05, 0.1) is 0 Å². The van der Waals surface area contributed by atoms with Gasteiger partial charge in [-0.15, -0.1) is 0 Å². The lowest BCUT2D eigenvalue weighted by molar-refractivity contribution is 0.0772. The number of carbonyl (C=O) groups is 1. The quantitative estimate of drug-likeness (QED) is 0.749. The topological polar surface area (TPSA) is 20.3 Å². The minimum absolute atomic E-state index is 0.1000. The number of rotatable bonds is 3. The monoisotopic (exact) mass is 209 g/mol. The lowest BCUT2D eigenvalue weighted by Gasteiger charge is -2.19. The highest BCUT2D eigenvalue weighted by Crippen LogP contribution is 2.12. The van der Waals surface area contributed by atoms with E-state index in [2.05, 4.69) is 0 Å². The molecule has 0 saturated heterocycles. The third-order valence-electron chi connectivity index (χ3n) is 2.48. The summed E-state index contributed by atoms with van der Waals surface area (Å²) in [7, 11) is 0. The van der Waals surface area contributed by atoms with Gasteiger partial charge in [0.2, 0.25) is 0 Å². The molecule has 2 nitrogen and oxygen atoms in total. The Labute approximate surface area is 89.7 Å². The molecule has 0 atom stereocenters. The van der Waals surface area contributed by atoms with Crippen molar-refractivity contribution in [3.63, 3.8) is 0 Å². The summed E-state index contributed by atoms with van der Waals surface area (Å²) >= 11 is 0. The summed E-state index contributed by atoms with van der Waals surface area (Å²) in [5, 5.41) is 0. The van der Waals surface area contributed by atoms with Gasteiger partial charge in [0.1, 0.15) is 5.82 Å². The smallest absolute Gasteiger partial charge is 0.254 e. The second kappa shape index (κ2) is 4.91.